The predicted octanol–water partition coefficient (Wildman–Crippen LogP) is 5.10. The molecular weight excluding hydrogens is 396 g/mol. The molecule has 0 bridgehead atoms. The number of benzene rings is 2. The highest BCUT2D eigenvalue weighted by Crippen LogP contribution is 2.24. The maximum atomic E-state index is 12.9. The molecule has 30 heavy (non-hydrogen) atoms. The van der Waals surface area contributed by atoms with Crippen molar-refractivity contribution in [2.24, 2.45) is 0 Å². The molecule has 6 heteroatoms. The summed E-state index contributed by atoms with van der Waals surface area (Å²) < 4.78 is 0. The topological polar surface area (TPSA) is 67.8 Å². The Hall–Kier alpha value is -3.57. The van der Waals surface area contributed by atoms with E-state index in [4.69, 9.17) is 16.6 Å². The molecule has 0 spiro atoms. The summed E-state index contributed by atoms with van der Waals surface area (Å²) in [6, 6.07) is 19.0. The van der Waals surface area contributed by atoms with Gasteiger partial charge >= 0.3 is 0 Å². The van der Waals surface area contributed by atoms with Crippen LogP contribution in [0.5, 0.6) is 0 Å². The van der Waals surface area contributed by atoms with Gasteiger partial charge in [-0.3, -0.25) is 9.78 Å². The Morgan fingerprint density at radius 1 is 1.00 bits per heavy atom. The molecule has 0 saturated carbocycles. The molecule has 0 aliphatic heterocycles. The van der Waals surface area contributed by atoms with E-state index in [-0.39, 0.29) is 5.91 Å². The molecule has 0 saturated heterocycles. The van der Waals surface area contributed by atoms with Gasteiger partial charge in [-0.05, 0) is 36.8 Å². The lowest BCUT2D eigenvalue weighted by atomic mass is 10.1. The highest BCUT2D eigenvalue weighted by atomic mass is 35.5. The van der Waals surface area contributed by atoms with Crippen molar-refractivity contribution >= 4 is 17.5 Å². The van der Waals surface area contributed by atoms with Gasteiger partial charge in [0, 0.05) is 41.3 Å². The van der Waals surface area contributed by atoms with Gasteiger partial charge in [0.15, 0.2) is 5.82 Å². The lowest BCUT2D eigenvalue weighted by Gasteiger charge is -2.11. The first-order valence-corrected chi connectivity index (χ1v) is 9.85. The number of amides is 1. The zero-order valence-corrected chi connectivity index (χ0v) is 17.1. The van der Waals surface area contributed by atoms with Gasteiger partial charge in [-0.25, -0.2) is 9.97 Å². The summed E-state index contributed by atoms with van der Waals surface area (Å²) in [5.41, 5.74) is 4.73. The van der Waals surface area contributed by atoms with E-state index in [1.54, 1.807) is 24.7 Å². The molecule has 148 valence electrons. The van der Waals surface area contributed by atoms with Gasteiger partial charge in [0.1, 0.15) is 0 Å². The minimum Gasteiger partial charge on any atom is -0.348 e. The van der Waals surface area contributed by atoms with Crippen molar-refractivity contribution in [3.63, 3.8) is 0 Å². The van der Waals surface area contributed by atoms with Crippen LogP contribution >= 0.6 is 11.6 Å². The monoisotopic (exact) mass is 414 g/mol. The normalized spacial score (nSPS) is 10.6. The Kier molecular flexibility index (Phi) is 5.82. The molecule has 0 atom stereocenters. The first-order chi connectivity index (χ1) is 14.6. The van der Waals surface area contributed by atoms with Crippen molar-refractivity contribution in [2.75, 3.05) is 0 Å². The van der Waals surface area contributed by atoms with Crippen molar-refractivity contribution in [3.05, 3.63) is 101 Å². The van der Waals surface area contributed by atoms with E-state index in [0.717, 1.165) is 22.3 Å². The molecule has 2 heterocycles. The molecular formula is C24H19ClN4O. The second kappa shape index (κ2) is 8.84. The number of hydrogen-bond acceptors (Lipinski definition) is 4. The minimum atomic E-state index is -0.253. The minimum absolute atomic E-state index is 0.253. The van der Waals surface area contributed by atoms with Crippen molar-refractivity contribution in [1.29, 1.82) is 0 Å². The van der Waals surface area contributed by atoms with Crippen LogP contribution in [0.1, 0.15) is 21.5 Å². The van der Waals surface area contributed by atoms with Crippen LogP contribution in [0.2, 0.25) is 5.02 Å². The Morgan fingerprint density at radius 3 is 2.50 bits per heavy atom. The molecule has 1 N–H and O–H groups in total. The molecule has 5 nitrogen and oxygen atoms in total. The number of aromatic nitrogens is 3. The third-order valence-electron chi connectivity index (χ3n) is 4.64. The smallest absolute Gasteiger partial charge is 0.255 e. The van der Waals surface area contributed by atoms with E-state index in [2.05, 4.69) is 15.3 Å². The third-order valence-corrected chi connectivity index (χ3v) is 4.87. The number of nitrogens with zero attached hydrogens (tertiary/aromatic N) is 3. The van der Waals surface area contributed by atoms with E-state index >= 15 is 0 Å². The average Bonchev–Trinajstić information content (AvgIpc) is 2.78. The number of aryl methyl sites for hydroxylation is 1. The van der Waals surface area contributed by atoms with E-state index in [0.29, 0.717) is 28.6 Å². The zero-order chi connectivity index (χ0) is 20.9. The van der Waals surface area contributed by atoms with Crippen molar-refractivity contribution in [2.45, 2.75) is 13.5 Å². The molecule has 4 aromatic rings. The third kappa shape index (κ3) is 4.53. The van der Waals surface area contributed by atoms with Crippen molar-refractivity contribution in [3.8, 4) is 22.6 Å². The maximum absolute atomic E-state index is 12.9. The van der Waals surface area contributed by atoms with E-state index in [9.17, 15) is 4.79 Å². The summed E-state index contributed by atoms with van der Waals surface area (Å²) in [5, 5.41) is 3.56. The van der Waals surface area contributed by atoms with Gasteiger partial charge in [0.05, 0.1) is 11.3 Å². The predicted molar refractivity (Wildman–Crippen MR) is 118 cm³/mol. The number of nitrogens with one attached hydrogen (secondary N) is 1. The summed E-state index contributed by atoms with van der Waals surface area (Å²) >= 11 is 6.03. The van der Waals surface area contributed by atoms with Gasteiger partial charge in [0.25, 0.3) is 5.91 Å². The molecule has 0 radical (unpaired) electrons. The van der Waals surface area contributed by atoms with E-state index in [1.165, 1.54) is 0 Å². The number of rotatable bonds is 5. The Bertz CT molecular complexity index is 1180. The number of carbonyl (C=O) groups excluding carboxylic acids is 1. The Labute approximate surface area is 179 Å². The van der Waals surface area contributed by atoms with Crippen LogP contribution in [0, 0.1) is 6.92 Å². The van der Waals surface area contributed by atoms with Gasteiger partial charge in [0.2, 0.25) is 0 Å². The summed E-state index contributed by atoms with van der Waals surface area (Å²) in [5.74, 6) is 0.311. The first kappa shape index (κ1) is 19.7. The van der Waals surface area contributed by atoms with Crippen LogP contribution in [0.4, 0.5) is 0 Å². The quantitative estimate of drug-likeness (QED) is 0.493. The fourth-order valence-electron chi connectivity index (χ4n) is 3.04. The standard InChI is InChI=1S/C24H19ClN4O/c1-16-5-7-19(8-6-16)23-27-15-21(22(29-23)18-9-11-26-12-10-18)24(30)28-14-17-3-2-4-20(25)13-17/h2-13,15H,14H2,1H3,(H,28,30). The number of hydrogen-bond donors (Lipinski definition) is 1. The fraction of sp³-hybridized carbons (Fsp3) is 0.0833. The number of pyridine rings is 1. The van der Waals surface area contributed by atoms with Gasteiger partial charge < -0.3 is 5.32 Å². The number of halogens is 1. The van der Waals surface area contributed by atoms with Crippen LogP contribution < -0.4 is 5.32 Å². The molecule has 1 amide bonds. The summed E-state index contributed by atoms with van der Waals surface area (Å²) in [7, 11) is 0. The maximum Gasteiger partial charge on any atom is 0.255 e. The molecule has 0 unspecified atom stereocenters. The van der Waals surface area contributed by atoms with Gasteiger partial charge in [-0.1, -0.05) is 53.6 Å². The van der Waals surface area contributed by atoms with Crippen LogP contribution in [0.3, 0.4) is 0 Å². The summed E-state index contributed by atoms with van der Waals surface area (Å²) in [4.78, 5) is 26.2. The Balaban J connectivity index is 1.67. The molecule has 4 rings (SSSR count). The second-order valence-electron chi connectivity index (χ2n) is 6.87. The Morgan fingerprint density at radius 2 is 1.77 bits per heavy atom. The molecule has 0 aliphatic rings. The molecule has 0 fully saturated rings. The van der Waals surface area contributed by atoms with E-state index in [1.807, 2.05) is 61.5 Å². The highest BCUT2D eigenvalue weighted by molar-refractivity contribution is 6.30. The fourth-order valence-corrected chi connectivity index (χ4v) is 3.26. The molecule has 0 aliphatic carbocycles. The largest absolute Gasteiger partial charge is 0.348 e. The zero-order valence-electron chi connectivity index (χ0n) is 16.3. The van der Waals surface area contributed by atoms with E-state index < -0.39 is 0 Å². The summed E-state index contributed by atoms with van der Waals surface area (Å²) in [6.07, 6.45) is 4.93. The van der Waals surface area contributed by atoms with Gasteiger partial charge in [-0.15, -0.1) is 0 Å². The second-order valence-corrected chi connectivity index (χ2v) is 7.31. The van der Waals surface area contributed by atoms with Crippen LogP contribution in [-0.2, 0) is 6.54 Å². The summed E-state index contributed by atoms with van der Waals surface area (Å²) in [6.45, 7) is 2.38. The number of carbonyl (C=O) groups is 1. The van der Waals surface area contributed by atoms with Crippen molar-refractivity contribution < 1.29 is 4.79 Å². The van der Waals surface area contributed by atoms with Crippen LogP contribution in [0.15, 0.2) is 79.3 Å². The SMILES string of the molecule is Cc1ccc(-c2ncc(C(=O)NCc3cccc(Cl)c3)c(-c3ccncc3)n2)cc1. The average molecular weight is 415 g/mol. The van der Waals surface area contributed by atoms with Gasteiger partial charge in [-0.2, -0.15) is 0 Å². The molecule has 2 aromatic carbocycles. The first-order valence-electron chi connectivity index (χ1n) is 9.47. The lowest BCUT2D eigenvalue weighted by molar-refractivity contribution is 0.0951. The molecule has 2 aromatic heterocycles. The van der Waals surface area contributed by atoms with Crippen LogP contribution in [-0.4, -0.2) is 20.9 Å². The highest BCUT2D eigenvalue weighted by Gasteiger charge is 2.17. The van der Waals surface area contributed by atoms with Crippen LogP contribution in [0.25, 0.3) is 22.6 Å². The lowest BCUT2D eigenvalue weighted by Crippen LogP contribution is -2.24. The van der Waals surface area contributed by atoms with Crippen molar-refractivity contribution in [1.82, 2.24) is 20.3 Å².